The molecule has 7 nitrogen and oxygen atoms in total. The topological polar surface area (TPSA) is 93.1 Å². The molecule has 1 unspecified atom stereocenters. The van der Waals surface area contributed by atoms with Crippen molar-refractivity contribution in [3.8, 4) is 0 Å². The van der Waals surface area contributed by atoms with Gasteiger partial charge in [0, 0.05) is 26.2 Å². The lowest BCUT2D eigenvalue weighted by Crippen LogP contribution is -2.37. The summed E-state index contributed by atoms with van der Waals surface area (Å²) in [4.78, 5) is 12.7. The normalized spacial score (nSPS) is 12.5. The van der Waals surface area contributed by atoms with Crippen molar-refractivity contribution in [3.63, 3.8) is 0 Å². The Morgan fingerprint density at radius 2 is 1.88 bits per heavy atom. The molecule has 0 radical (unpaired) electrons. The number of nitrogens with zero attached hydrogens (tertiary/aromatic N) is 2. The number of rotatable bonds is 10. The van der Waals surface area contributed by atoms with Crippen LogP contribution >= 0.6 is 23.2 Å². The van der Waals surface area contributed by atoms with E-state index in [4.69, 9.17) is 23.2 Å². The highest BCUT2D eigenvalue weighted by molar-refractivity contribution is 7.89. The number of hydrogen-bond donors (Lipinski definition) is 2. The van der Waals surface area contributed by atoms with Crippen LogP contribution in [0.3, 0.4) is 0 Å². The lowest BCUT2D eigenvalue weighted by atomic mass is 10.1. The summed E-state index contributed by atoms with van der Waals surface area (Å²) in [7, 11) is -2.10. The fourth-order valence-electron chi connectivity index (χ4n) is 3.17. The molecule has 0 spiro atoms. The maximum absolute atomic E-state index is 12.6. The first-order valence-electron chi connectivity index (χ1n) is 10.0. The Bertz CT molecular complexity index is 1170. The van der Waals surface area contributed by atoms with Gasteiger partial charge in [0.25, 0.3) is 0 Å². The molecule has 1 amide bonds. The number of sulfonamides is 1. The molecular formula is C22H24Cl2N4O3S. The number of halogens is 2. The highest BCUT2D eigenvalue weighted by Gasteiger charge is 2.20. The summed E-state index contributed by atoms with van der Waals surface area (Å²) < 4.78 is 29.1. The van der Waals surface area contributed by atoms with Gasteiger partial charge in [-0.3, -0.25) is 9.48 Å². The molecule has 2 N–H and O–H groups in total. The second kappa shape index (κ2) is 11.0. The molecule has 3 rings (SSSR count). The third kappa shape index (κ3) is 6.80. The molecule has 10 heteroatoms. The standard InChI is InChI=1S/C22H24Cl2N4O3S/c1-28-15-18(13-25-28)32(30,31)26-14-21(17-7-3-2-4-8-17)27-22(29)9-5-6-16-10-11-19(23)20(24)12-16/h2-4,7-8,10-13,15,21,26H,5-6,9,14H2,1H3,(H,27,29). The maximum atomic E-state index is 12.6. The molecule has 0 aliphatic rings. The van der Waals surface area contributed by atoms with E-state index in [2.05, 4.69) is 15.1 Å². The Hall–Kier alpha value is -2.39. The summed E-state index contributed by atoms with van der Waals surface area (Å²) in [6.07, 6.45) is 4.28. The van der Waals surface area contributed by atoms with Crippen molar-refractivity contribution in [2.45, 2.75) is 30.2 Å². The minimum atomic E-state index is -3.75. The van der Waals surface area contributed by atoms with Gasteiger partial charge in [-0.15, -0.1) is 0 Å². The molecule has 170 valence electrons. The quantitative estimate of drug-likeness (QED) is 0.447. The molecule has 3 aromatic rings. The van der Waals surface area contributed by atoms with Crippen LogP contribution in [0, 0.1) is 0 Å². The number of nitrogens with one attached hydrogen (secondary N) is 2. The molecule has 0 saturated carbocycles. The third-order valence-corrected chi connectivity index (χ3v) is 6.98. The average Bonchev–Trinajstić information content (AvgIpc) is 3.21. The Balaban J connectivity index is 1.60. The average molecular weight is 495 g/mol. The van der Waals surface area contributed by atoms with Gasteiger partial charge in [0.1, 0.15) is 4.90 Å². The number of carbonyl (C=O) groups is 1. The molecule has 2 aromatic carbocycles. The zero-order chi connectivity index (χ0) is 23.1. The van der Waals surface area contributed by atoms with Crippen LogP contribution in [0.2, 0.25) is 10.0 Å². The van der Waals surface area contributed by atoms with E-state index in [0.717, 1.165) is 11.1 Å². The van der Waals surface area contributed by atoms with Crippen LogP contribution in [0.15, 0.2) is 65.8 Å². The van der Waals surface area contributed by atoms with Crippen molar-refractivity contribution in [1.82, 2.24) is 19.8 Å². The number of aryl methyl sites for hydroxylation is 2. The van der Waals surface area contributed by atoms with Crippen LogP contribution in [0.5, 0.6) is 0 Å². The summed E-state index contributed by atoms with van der Waals surface area (Å²) in [5.41, 5.74) is 1.80. The van der Waals surface area contributed by atoms with Crippen molar-refractivity contribution in [2.24, 2.45) is 7.05 Å². The second-order valence-electron chi connectivity index (χ2n) is 7.33. The third-order valence-electron chi connectivity index (χ3n) is 4.86. The predicted octanol–water partition coefficient (Wildman–Crippen LogP) is 3.89. The number of aromatic nitrogens is 2. The van der Waals surface area contributed by atoms with Gasteiger partial charge in [-0.2, -0.15) is 5.10 Å². The summed E-state index contributed by atoms with van der Waals surface area (Å²) >= 11 is 12.0. The first kappa shape index (κ1) is 24.3. The molecule has 1 atom stereocenters. The summed E-state index contributed by atoms with van der Waals surface area (Å²) in [6, 6.07) is 14.1. The monoisotopic (exact) mass is 494 g/mol. The van der Waals surface area contributed by atoms with Crippen molar-refractivity contribution in [2.75, 3.05) is 6.54 Å². The number of carbonyl (C=O) groups excluding carboxylic acids is 1. The molecule has 0 aliphatic carbocycles. The van der Waals surface area contributed by atoms with Gasteiger partial charge in [0.05, 0.1) is 22.3 Å². The minimum absolute atomic E-state index is 0.0137. The Kier molecular flexibility index (Phi) is 8.31. The fraction of sp³-hybridized carbons (Fsp3) is 0.273. The fourth-order valence-corrected chi connectivity index (χ4v) is 4.52. The van der Waals surface area contributed by atoms with Crippen molar-refractivity contribution in [3.05, 3.63) is 82.1 Å². The zero-order valence-electron chi connectivity index (χ0n) is 17.5. The van der Waals surface area contributed by atoms with E-state index in [-0.39, 0.29) is 17.3 Å². The predicted molar refractivity (Wildman–Crippen MR) is 125 cm³/mol. The van der Waals surface area contributed by atoms with E-state index < -0.39 is 16.1 Å². The SMILES string of the molecule is Cn1cc(S(=O)(=O)NCC(NC(=O)CCCc2ccc(Cl)c(Cl)c2)c2ccccc2)cn1. The smallest absolute Gasteiger partial charge is 0.243 e. The van der Waals surface area contributed by atoms with Crippen molar-refractivity contribution in [1.29, 1.82) is 0 Å². The van der Waals surface area contributed by atoms with Crippen LogP contribution in [0.4, 0.5) is 0 Å². The largest absolute Gasteiger partial charge is 0.348 e. The molecule has 0 aliphatic heterocycles. The molecule has 1 aromatic heterocycles. The molecule has 0 fully saturated rings. The van der Waals surface area contributed by atoms with Gasteiger partial charge >= 0.3 is 0 Å². The van der Waals surface area contributed by atoms with Crippen LogP contribution in [-0.2, 0) is 28.3 Å². The summed E-state index contributed by atoms with van der Waals surface area (Å²) in [5.74, 6) is -0.167. The summed E-state index contributed by atoms with van der Waals surface area (Å²) in [6.45, 7) is 0.0137. The first-order valence-corrected chi connectivity index (χ1v) is 12.2. The minimum Gasteiger partial charge on any atom is -0.348 e. The Morgan fingerprint density at radius 3 is 2.53 bits per heavy atom. The van der Waals surface area contributed by atoms with Gasteiger partial charge in [0.15, 0.2) is 0 Å². The van der Waals surface area contributed by atoms with Crippen LogP contribution < -0.4 is 10.0 Å². The van der Waals surface area contributed by atoms with Gasteiger partial charge in [-0.1, -0.05) is 59.6 Å². The Morgan fingerprint density at radius 1 is 1.12 bits per heavy atom. The molecular weight excluding hydrogens is 471 g/mol. The lowest BCUT2D eigenvalue weighted by Gasteiger charge is -2.20. The van der Waals surface area contributed by atoms with Gasteiger partial charge in [0.2, 0.25) is 15.9 Å². The molecule has 0 bridgehead atoms. The highest BCUT2D eigenvalue weighted by Crippen LogP contribution is 2.23. The van der Waals surface area contributed by atoms with E-state index >= 15 is 0 Å². The van der Waals surface area contributed by atoms with Crippen LogP contribution in [0.25, 0.3) is 0 Å². The molecule has 1 heterocycles. The van der Waals surface area contributed by atoms with E-state index in [9.17, 15) is 13.2 Å². The molecule has 32 heavy (non-hydrogen) atoms. The van der Waals surface area contributed by atoms with Crippen molar-refractivity contribution < 1.29 is 13.2 Å². The van der Waals surface area contributed by atoms with E-state index in [1.165, 1.54) is 17.1 Å². The highest BCUT2D eigenvalue weighted by atomic mass is 35.5. The molecule has 0 saturated heterocycles. The lowest BCUT2D eigenvalue weighted by molar-refractivity contribution is -0.121. The van der Waals surface area contributed by atoms with Gasteiger partial charge in [-0.25, -0.2) is 13.1 Å². The van der Waals surface area contributed by atoms with E-state index in [0.29, 0.717) is 29.3 Å². The van der Waals surface area contributed by atoms with E-state index in [1.54, 1.807) is 19.2 Å². The number of amides is 1. The van der Waals surface area contributed by atoms with E-state index in [1.807, 2.05) is 36.4 Å². The number of hydrogen-bond acceptors (Lipinski definition) is 4. The summed E-state index contributed by atoms with van der Waals surface area (Å²) in [5, 5.41) is 7.81. The maximum Gasteiger partial charge on any atom is 0.243 e. The number of benzene rings is 2. The van der Waals surface area contributed by atoms with Gasteiger partial charge < -0.3 is 5.32 Å². The first-order chi connectivity index (χ1) is 15.2. The zero-order valence-corrected chi connectivity index (χ0v) is 19.8. The second-order valence-corrected chi connectivity index (χ2v) is 9.92. The van der Waals surface area contributed by atoms with Gasteiger partial charge in [-0.05, 0) is 36.1 Å². The van der Waals surface area contributed by atoms with Crippen LogP contribution in [0.1, 0.15) is 30.0 Å². The van der Waals surface area contributed by atoms with Crippen molar-refractivity contribution >= 4 is 39.1 Å². The Labute approximate surface area is 197 Å². The van der Waals surface area contributed by atoms with Crippen LogP contribution in [-0.4, -0.2) is 30.7 Å².